The van der Waals surface area contributed by atoms with Gasteiger partial charge in [0.05, 0.1) is 13.2 Å². The van der Waals surface area contributed by atoms with Gasteiger partial charge in [-0.05, 0) is 74.7 Å². The van der Waals surface area contributed by atoms with Crippen LogP contribution < -0.4 is 24.8 Å². The molecule has 14 nitrogen and oxygen atoms in total. The first kappa shape index (κ1) is 37.8. The third kappa shape index (κ3) is 7.08. The Morgan fingerprint density at radius 3 is 2.65 bits per heavy atom. The van der Waals surface area contributed by atoms with E-state index >= 15 is 0 Å². The average molecular weight is 770 g/mol. The van der Waals surface area contributed by atoms with E-state index in [1.54, 1.807) is 6.08 Å². The number of carbonyl (C=O) groups is 4. The molecule has 0 radical (unpaired) electrons. The van der Waals surface area contributed by atoms with Crippen LogP contribution in [0.4, 0.5) is 9.18 Å². The highest BCUT2D eigenvalue weighted by atomic mass is 32.2. The fourth-order valence-corrected chi connectivity index (χ4v) is 9.82. The van der Waals surface area contributed by atoms with Gasteiger partial charge in [-0.25, -0.2) is 17.6 Å². The van der Waals surface area contributed by atoms with E-state index < -0.39 is 74.9 Å². The molecule has 0 spiro atoms. The Labute approximate surface area is 313 Å². The normalized spacial score (nSPS) is 31.3. The summed E-state index contributed by atoms with van der Waals surface area (Å²) >= 11 is 0. The minimum atomic E-state index is -4.39. The number of amides is 4. The lowest BCUT2D eigenvalue weighted by molar-refractivity contribution is -0.142. The largest absolute Gasteiger partial charge is 0.477 e. The first-order chi connectivity index (χ1) is 25.8. The molecule has 54 heavy (non-hydrogen) atoms. The number of benzene rings is 1. The molecule has 2 saturated carbocycles. The molecule has 5 aliphatic rings. The van der Waals surface area contributed by atoms with E-state index in [0.717, 1.165) is 29.2 Å². The molecular formula is C38H48FN5O9S. The Morgan fingerprint density at radius 1 is 1.19 bits per heavy atom. The van der Waals surface area contributed by atoms with Crippen molar-refractivity contribution in [1.82, 2.24) is 25.2 Å². The fourth-order valence-electron chi connectivity index (χ4n) is 8.40. The van der Waals surface area contributed by atoms with Crippen molar-refractivity contribution in [2.75, 3.05) is 19.8 Å². The standard InChI is InChI=1S/C38H48FN5O9S/c1-3-23-17-22(2)9-4-5-10-24-19-38(24,35(47)43-54(50,51)37(21-39)14-15-37)42-31(45)29-18-25(20-44(29)34(46)30(23)40-36(48)49)53-33-28-12-7-6-11-26(28)27-13-8-16-52-32(27)41-33/h5-7,10-12,22-25,29-30,40H,3-4,8-9,13-21H2,1-2H3,(H,42,45)(H,43,47)(H,48,49)/b10-5-/t22-,23+,24?,25+,29-,30-,38?/m0/s1. The van der Waals surface area contributed by atoms with Crippen LogP contribution in [-0.4, -0.2) is 95.5 Å². The van der Waals surface area contributed by atoms with Crippen molar-refractivity contribution >= 4 is 44.6 Å². The molecule has 7 rings (SSSR count). The van der Waals surface area contributed by atoms with Crippen molar-refractivity contribution in [3.63, 3.8) is 0 Å². The summed E-state index contributed by atoms with van der Waals surface area (Å²) in [6.45, 7) is 3.19. The topological polar surface area (TPSA) is 193 Å². The fraction of sp³-hybridized carbons (Fsp3) is 0.605. The molecule has 16 heteroatoms. The molecule has 1 aromatic heterocycles. The highest BCUT2D eigenvalue weighted by Gasteiger charge is 2.64. The summed E-state index contributed by atoms with van der Waals surface area (Å²) in [5, 5.41) is 16.8. The summed E-state index contributed by atoms with van der Waals surface area (Å²) in [4.78, 5) is 61.0. The number of hydrogen-bond acceptors (Lipinski definition) is 9. The van der Waals surface area contributed by atoms with Crippen molar-refractivity contribution in [2.45, 2.75) is 107 Å². The Hall–Kier alpha value is -4.47. The maximum atomic E-state index is 14.6. The molecule has 292 valence electrons. The van der Waals surface area contributed by atoms with Crippen LogP contribution in [0.25, 0.3) is 10.8 Å². The van der Waals surface area contributed by atoms with Crippen LogP contribution in [0.1, 0.15) is 77.2 Å². The number of rotatable bonds is 8. The molecule has 4 N–H and O–H groups in total. The molecule has 1 saturated heterocycles. The Kier molecular flexibility index (Phi) is 10.3. The van der Waals surface area contributed by atoms with Crippen molar-refractivity contribution in [1.29, 1.82) is 0 Å². The zero-order valence-electron chi connectivity index (χ0n) is 30.5. The number of carbonyl (C=O) groups excluding carboxylic acids is 3. The van der Waals surface area contributed by atoms with E-state index in [2.05, 4.69) is 15.4 Å². The number of nitrogens with one attached hydrogen (secondary N) is 3. The smallest absolute Gasteiger partial charge is 0.405 e. The highest BCUT2D eigenvalue weighted by molar-refractivity contribution is 7.91. The second-order valence-corrected chi connectivity index (χ2v) is 17.7. The monoisotopic (exact) mass is 769 g/mol. The van der Waals surface area contributed by atoms with E-state index in [9.17, 15) is 37.1 Å². The Balaban J connectivity index is 1.24. The van der Waals surface area contributed by atoms with Crippen molar-refractivity contribution < 1.29 is 46.6 Å². The van der Waals surface area contributed by atoms with Gasteiger partial charge in [0.1, 0.15) is 35.1 Å². The Morgan fingerprint density at radius 2 is 1.94 bits per heavy atom. The minimum absolute atomic E-state index is 0.0278. The van der Waals surface area contributed by atoms with E-state index in [-0.39, 0.29) is 49.9 Å². The predicted molar refractivity (Wildman–Crippen MR) is 195 cm³/mol. The van der Waals surface area contributed by atoms with Gasteiger partial charge in [0.15, 0.2) is 0 Å². The van der Waals surface area contributed by atoms with Crippen LogP contribution in [0, 0.1) is 17.8 Å². The molecule has 2 aliphatic carbocycles. The summed E-state index contributed by atoms with van der Waals surface area (Å²) in [6.07, 6.45) is 5.76. The molecule has 4 amide bonds. The molecule has 0 bridgehead atoms. The third-order valence-corrected chi connectivity index (χ3v) is 14.0. The number of nitrogens with zero attached hydrogens (tertiary/aromatic N) is 2. The summed E-state index contributed by atoms with van der Waals surface area (Å²) in [5.41, 5.74) is -0.692. The van der Waals surface area contributed by atoms with Gasteiger partial charge >= 0.3 is 6.09 Å². The highest BCUT2D eigenvalue weighted by Crippen LogP contribution is 2.48. The quantitative estimate of drug-likeness (QED) is 0.288. The van der Waals surface area contributed by atoms with E-state index in [0.29, 0.717) is 38.2 Å². The maximum absolute atomic E-state index is 14.6. The summed E-state index contributed by atoms with van der Waals surface area (Å²) in [6, 6.07) is 5.23. The van der Waals surface area contributed by atoms with Crippen molar-refractivity contribution in [3.05, 3.63) is 42.0 Å². The first-order valence-corrected chi connectivity index (χ1v) is 20.4. The van der Waals surface area contributed by atoms with Gasteiger partial charge in [-0.15, -0.1) is 0 Å². The van der Waals surface area contributed by atoms with Gasteiger partial charge in [-0.3, -0.25) is 19.1 Å². The lowest BCUT2D eigenvalue weighted by Crippen LogP contribution is -2.59. The first-order valence-electron chi connectivity index (χ1n) is 18.9. The van der Waals surface area contributed by atoms with Crippen LogP contribution in [0.2, 0.25) is 0 Å². The number of hydrogen-bond donors (Lipinski definition) is 4. The van der Waals surface area contributed by atoms with Gasteiger partial charge in [-0.1, -0.05) is 50.6 Å². The molecule has 3 fully saturated rings. The molecule has 3 aliphatic heterocycles. The molecule has 2 unspecified atom stereocenters. The maximum Gasteiger partial charge on any atom is 0.405 e. The average Bonchev–Trinajstić information content (AvgIpc) is 4.06. The summed E-state index contributed by atoms with van der Waals surface area (Å²) < 4.78 is 52.9. The zero-order chi connectivity index (χ0) is 38.4. The Bertz CT molecular complexity index is 1970. The number of pyridine rings is 1. The zero-order valence-corrected chi connectivity index (χ0v) is 31.3. The molecular weight excluding hydrogens is 722 g/mol. The molecule has 4 heterocycles. The van der Waals surface area contributed by atoms with Crippen LogP contribution in [-0.2, 0) is 30.8 Å². The third-order valence-electron chi connectivity index (χ3n) is 11.9. The number of aryl methyl sites for hydroxylation is 1. The number of sulfonamides is 1. The lowest BCUT2D eigenvalue weighted by Gasteiger charge is -2.33. The second kappa shape index (κ2) is 14.6. The number of halogens is 1. The molecule has 1 aromatic carbocycles. The molecule has 2 aromatic rings. The minimum Gasteiger partial charge on any atom is -0.477 e. The van der Waals surface area contributed by atoms with Gasteiger partial charge in [0, 0.05) is 23.3 Å². The number of alkyl halides is 1. The summed E-state index contributed by atoms with van der Waals surface area (Å²) in [7, 11) is -4.39. The van der Waals surface area contributed by atoms with Crippen LogP contribution in [0.5, 0.6) is 11.8 Å². The second-order valence-electron chi connectivity index (χ2n) is 15.6. The van der Waals surface area contributed by atoms with E-state index in [4.69, 9.17) is 14.5 Å². The SMILES string of the molecule is CC[C@@H]1C[C@@H](C)CC/C=C\C2CC2(C(=O)NS(=O)(=O)C2(CF)CC2)NC(=O)[C@@H]2C[C@@H](Oc3nc4c(c5ccccc35)CCCO4)CN2C(=O)[C@H]1NC(=O)O. The van der Waals surface area contributed by atoms with Crippen LogP contribution >= 0.6 is 0 Å². The van der Waals surface area contributed by atoms with Gasteiger partial charge in [0.25, 0.3) is 5.91 Å². The summed E-state index contributed by atoms with van der Waals surface area (Å²) in [5.74, 6) is -2.40. The predicted octanol–water partition coefficient (Wildman–Crippen LogP) is 3.77. The van der Waals surface area contributed by atoms with Gasteiger partial charge < -0.3 is 30.1 Å². The van der Waals surface area contributed by atoms with Crippen molar-refractivity contribution in [2.24, 2.45) is 17.8 Å². The molecule has 7 atom stereocenters. The van der Waals surface area contributed by atoms with Crippen LogP contribution in [0.3, 0.4) is 0 Å². The lowest BCUT2D eigenvalue weighted by atomic mass is 9.85. The number of ether oxygens (including phenoxy) is 2. The van der Waals surface area contributed by atoms with E-state index in [1.165, 1.54) is 4.90 Å². The van der Waals surface area contributed by atoms with Gasteiger partial charge in [0.2, 0.25) is 33.6 Å². The van der Waals surface area contributed by atoms with Crippen LogP contribution in [0.15, 0.2) is 36.4 Å². The van der Waals surface area contributed by atoms with Gasteiger partial charge in [-0.2, -0.15) is 4.98 Å². The van der Waals surface area contributed by atoms with E-state index in [1.807, 2.05) is 44.2 Å². The number of fused-ring (bicyclic) bond motifs is 5. The number of aromatic nitrogens is 1. The number of carboxylic acid groups (broad SMARTS) is 1. The number of allylic oxidation sites excluding steroid dienone is 1. The van der Waals surface area contributed by atoms with Crippen molar-refractivity contribution in [3.8, 4) is 11.8 Å².